The topological polar surface area (TPSA) is 46.2 Å². The van der Waals surface area contributed by atoms with Crippen LogP contribution in [0.15, 0.2) is 24.3 Å². The molecule has 2 rings (SSSR count). The third kappa shape index (κ3) is 1.36. The van der Waals surface area contributed by atoms with Crippen molar-refractivity contribution >= 4 is 16.5 Å². The highest BCUT2D eigenvalue weighted by Crippen LogP contribution is 2.30. The van der Waals surface area contributed by atoms with Crippen LogP contribution in [0.25, 0.3) is 10.8 Å². The van der Waals surface area contributed by atoms with Crippen LogP contribution < -0.4 is 5.73 Å². The number of hydrogen-bond acceptors (Lipinski definition) is 2. The van der Waals surface area contributed by atoms with Gasteiger partial charge in [0.1, 0.15) is 11.6 Å². The summed E-state index contributed by atoms with van der Waals surface area (Å²) in [5, 5.41) is 10.4. The van der Waals surface area contributed by atoms with E-state index in [-0.39, 0.29) is 17.0 Å². The summed E-state index contributed by atoms with van der Waals surface area (Å²) in [6, 6.07) is 5.63. The Labute approximate surface area is 86.1 Å². The molecular weight excluding hydrogens is 193 g/mol. The lowest BCUT2D eigenvalue weighted by molar-refractivity contribution is 0.476. The Kier molecular flexibility index (Phi) is 1.98. The zero-order valence-corrected chi connectivity index (χ0v) is 7.79. The molecule has 0 fully saturated rings. The van der Waals surface area contributed by atoms with Crippen LogP contribution in [0.2, 0.25) is 0 Å². The molecule has 2 nitrogen and oxygen atoms in total. The first-order chi connectivity index (χ1) is 7.13. The van der Waals surface area contributed by atoms with E-state index in [0.717, 1.165) is 0 Å². The largest absolute Gasteiger partial charge is 0.508 e. The van der Waals surface area contributed by atoms with Gasteiger partial charge in [0.15, 0.2) is 0 Å². The van der Waals surface area contributed by atoms with Crippen LogP contribution in [-0.4, -0.2) is 5.11 Å². The van der Waals surface area contributed by atoms with Gasteiger partial charge < -0.3 is 10.8 Å². The molecule has 74 valence electrons. The number of phenols is 1. The van der Waals surface area contributed by atoms with Gasteiger partial charge in [0.05, 0.1) is 5.56 Å². The lowest BCUT2D eigenvalue weighted by Crippen LogP contribution is -1.92. The third-order valence-electron chi connectivity index (χ3n) is 2.23. The fraction of sp³-hybridized carbons (Fsp3) is 0. The van der Waals surface area contributed by atoms with Crippen LogP contribution >= 0.6 is 0 Å². The summed E-state index contributed by atoms with van der Waals surface area (Å²) in [7, 11) is 0. The Morgan fingerprint density at radius 2 is 2.07 bits per heavy atom. The summed E-state index contributed by atoms with van der Waals surface area (Å²) in [6.45, 7) is 0. The number of phenolic OH excluding ortho intramolecular Hbond substituents is 1. The van der Waals surface area contributed by atoms with Gasteiger partial charge in [-0.05, 0) is 17.5 Å². The number of benzene rings is 2. The van der Waals surface area contributed by atoms with E-state index >= 15 is 0 Å². The number of anilines is 1. The van der Waals surface area contributed by atoms with Crippen molar-refractivity contribution in [3.63, 3.8) is 0 Å². The standard InChI is InChI=1S/C12H8FNO/c1-2-9-10(13)4-3-7-5-8(15)6-11(14)12(7)9/h1,3-6,15H,14H2. The molecule has 0 saturated heterocycles. The summed E-state index contributed by atoms with van der Waals surface area (Å²) < 4.78 is 13.3. The van der Waals surface area contributed by atoms with Crippen LogP contribution in [0.3, 0.4) is 0 Å². The first kappa shape index (κ1) is 9.35. The highest BCUT2D eigenvalue weighted by atomic mass is 19.1. The SMILES string of the molecule is C#Cc1c(F)ccc2cc(O)cc(N)c12. The van der Waals surface area contributed by atoms with Crippen LogP contribution in [0.4, 0.5) is 10.1 Å². The fourth-order valence-electron chi connectivity index (χ4n) is 1.60. The molecular formula is C12H8FNO. The molecule has 0 unspecified atom stereocenters. The molecule has 0 bridgehead atoms. The van der Waals surface area contributed by atoms with E-state index in [1.165, 1.54) is 24.3 Å². The highest BCUT2D eigenvalue weighted by molar-refractivity contribution is 5.98. The van der Waals surface area contributed by atoms with Gasteiger partial charge in [-0.1, -0.05) is 12.0 Å². The lowest BCUT2D eigenvalue weighted by atomic mass is 10.0. The number of terminal acetylenes is 1. The molecule has 0 aliphatic carbocycles. The number of nitrogens with two attached hydrogens (primary N) is 1. The van der Waals surface area contributed by atoms with Crippen LogP contribution in [0.1, 0.15) is 5.56 Å². The van der Waals surface area contributed by atoms with Gasteiger partial charge in [0.25, 0.3) is 0 Å². The third-order valence-corrected chi connectivity index (χ3v) is 2.23. The number of fused-ring (bicyclic) bond motifs is 1. The quantitative estimate of drug-likeness (QED) is 0.507. The van der Waals surface area contributed by atoms with Gasteiger partial charge in [0, 0.05) is 17.1 Å². The molecule has 2 aromatic carbocycles. The number of hydrogen-bond donors (Lipinski definition) is 2. The van der Waals surface area contributed by atoms with E-state index in [1.807, 2.05) is 0 Å². The predicted octanol–water partition coefficient (Wildman–Crippen LogP) is 2.25. The molecule has 0 aromatic heterocycles. The van der Waals surface area contributed by atoms with E-state index in [4.69, 9.17) is 12.2 Å². The van der Waals surface area contributed by atoms with Crippen molar-refractivity contribution in [3.8, 4) is 18.1 Å². The molecule has 0 amide bonds. The van der Waals surface area contributed by atoms with Gasteiger partial charge in [-0.2, -0.15) is 0 Å². The molecule has 0 spiro atoms. The van der Waals surface area contributed by atoms with Crippen molar-refractivity contribution in [2.75, 3.05) is 5.73 Å². The predicted molar refractivity (Wildman–Crippen MR) is 57.9 cm³/mol. The molecule has 0 radical (unpaired) electrons. The maximum Gasteiger partial charge on any atom is 0.139 e. The van der Waals surface area contributed by atoms with Gasteiger partial charge in [-0.15, -0.1) is 6.42 Å². The van der Waals surface area contributed by atoms with Crippen molar-refractivity contribution < 1.29 is 9.50 Å². The Hall–Kier alpha value is -2.21. The second-order valence-electron chi connectivity index (χ2n) is 3.20. The molecule has 0 aliphatic rings. The number of rotatable bonds is 0. The lowest BCUT2D eigenvalue weighted by Gasteiger charge is -2.06. The average molecular weight is 201 g/mol. The molecule has 0 saturated carbocycles. The minimum absolute atomic E-state index is 0.0366. The van der Waals surface area contributed by atoms with E-state index in [2.05, 4.69) is 5.92 Å². The smallest absolute Gasteiger partial charge is 0.139 e. The number of aromatic hydroxyl groups is 1. The highest BCUT2D eigenvalue weighted by Gasteiger charge is 2.09. The van der Waals surface area contributed by atoms with Crippen molar-refractivity contribution in [1.82, 2.24) is 0 Å². The molecule has 0 aliphatic heterocycles. The van der Waals surface area contributed by atoms with Gasteiger partial charge in [-0.3, -0.25) is 0 Å². The molecule has 0 atom stereocenters. The molecule has 2 aromatic rings. The first-order valence-corrected chi connectivity index (χ1v) is 4.31. The Bertz CT molecular complexity index is 584. The second-order valence-corrected chi connectivity index (χ2v) is 3.20. The van der Waals surface area contributed by atoms with Crippen molar-refractivity contribution in [2.24, 2.45) is 0 Å². The maximum atomic E-state index is 13.3. The van der Waals surface area contributed by atoms with Crippen molar-refractivity contribution in [2.45, 2.75) is 0 Å². The maximum absolute atomic E-state index is 13.3. The van der Waals surface area contributed by atoms with Crippen molar-refractivity contribution in [3.05, 3.63) is 35.6 Å². The normalized spacial score (nSPS) is 10.1. The van der Waals surface area contributed by atoms with Crippen molar-refractivity contribution in [1.29, 1.82) is 0 Å². The first-order valence-electron chi connectivity index (χ1n) is 4.31. The Balaban J connectivity index is 3.00. The fourth-order valence-corrected chi connectivity index (χ4v) is 1.60. The summed E-state index contributed by atoms with van der Waals surface area (Å²) in [6.07, 6.45) is 5.22. The van der Waals surface area contributed by atoms with Gasteiger partial charge in [0.2, 0.25) is 0 Å². The summed E-state index contributed by atoms with van der Waals surface area (Å²) in [4.78, 5) is 0. The molecule has 15 heavy (non-hydrogen) atoms. The van der Waals surface area contributed by atoms with Crippen LogP contribution in [0, 0.1) is 18.2 Å². The molecule has 3 N–H and O–H groups in total. The zero-order valence-electron chi connectivity index (χ0n) is 7.79. The zero-order chi connectivity index (χ0) is 11.0. The molecule has 3 heteroatoms. The van der Waals surface area contributed by atoms with E-state index < -0.39 is 5.82 Å². The van der Waals surface area contributed by atoms with E-state index in [1.54, 1.807) is 0 Å². The van der Waals surface area contributed by atoms with Gasteiger partial charge in [-0.25, -0.2) is 4.39 Å². The Morgan fingerprint density at radius 3 is 2.73 bits per heavy atom. The minimum atomic E-state index is -0.484. The van der Waals surface area contributed by atoms with Crippen LogP contribution in [-0.2, 0) is 0 Å². The number of halogens is 1. The monoisotopic (exact) mass is 201 g/mol. The summed E-state index contributed by atoms with van der Waals surface area (Å²) in [5.74, 6) is 1.81. The average Bonchev–Trinajstić information content (AvgIpc) is 2.18. The van der Waals surface area contributed by atoms with E-state index in [0.29, 0.717) is 10.8 Å². The van der Waals surface area contributed by atoms with E-state index in [9.17, 15) is 9.50 Å². The molecule has 0 heterocycles. The van der Waals surface area contributed by atoms with Gasteiger partial charge >= 0.3 is 0 Å². The Morgan fingerprint density at radius 1 is 1.33 bits per heavy atom. The second kappa shape index (κ2) is 3.18. The summed E-state index contributed by atoms with van der Waals surface area (Å²) in [5.41, 5.74) is 6.09. The summed E-state index contributed by atoms with van der Waals surface area (Å²) >= 11 is 0. The number of nitrogen functional groups attached to an aromatic ring is 1. The minimum Gasteiger partial charge on any atom is -0.508 e. The van der Waals surface area contributed by atoms with Crippen LogP contribution in [0.5, 0.6) is 5.75 Å².